The van der Waals surface area contributed by atoms with E-state index in [2.05, 4.69) is 31.9 Å². The van der Waals surface area contributed by atoms with E-state index >= 15 is 0 Å². The topological polar surface area (TPSA) is 525 Å². The van der Waals surface area contributed by atoms with Gasteiger partial charge < -0.3 is 159 Å². The average molecular weight is 2010 g/mol. The highest BCUT2D eigenvalue weighted by Crippen LogP contribution is 2.40. The molecule has 2 saturated heterocycles. The van der Waals surface area contributed by atoms with E-state index in [1.807, 2.05) is 211 Å². The van der Waals surface area contributed by atoms with Crippen molar-refractivity contribution >= 4 is 42.3 Å². The quantitative estimate of drug-likeness (QED) is 0.00977. The molecule has 14 rings (SSSR count). The standard InChI is InChI=1S/C54H70N4O17.C42H57N3O13.C9H10O2/c1-4-36-21-23-38(57-53(65)68-30-34-17-11-7-12-18-34)49(70-36)73-45-32(3)27-40(56-48(63)41(60)25-26-55-52(64)67-29-33-15-9-6-10-16-33)43(61)47(45)75-51-44(62)46(42(28-59)72-51)74-50-39(24-22-37(5-2)71-50)58-54(66)69-31-35-19-13-8-14-20-35;1-4-27-16-18-30(44-41(49)51-22-25-12-8-6-9-13-25)38(53-27)56-35-24(3)20-29(43)33(47)37(35)58-40-34(48)36(32(21-46)55-40)57-39-31(19-17-28(5-2)54-39)45-42(50)52-23-26-14-10-7-11-15-26;1-8(10)11-7-9-5-3-2-4-6-9/h6-24,32,36-47,49-51,59-62H,4-5,25-31H2,1-3H3,(H,55,64)(H,56,63)(H,57,65)(H,58,66);6-19,24,27-40,46-48H,4-5,20-23,43H2,1-3H3,(H,44,49)(H,45,50);2-6H,7H2,1H3/t32-,36+,37+,38+,39+,40+,41-,42+,43-,44+,45+,46+,47+,49+,50+,51-;24-,27+,28+,29+,30+,31+,32+,33-,34+,35+,36+,37+,38+,39+,40-;/m00./s1. The molecule has 6 heterocycles. The van der Waals surface area contributed by atoms with Gasteiger partial charge in [-0.25, -0.2) is 24.0 Å². The van der Waals surface area contributed by atoms with E-state index in [0.29, 0.717) is 38.7 Å². The Kier molecular flexibility index (Phi) is 44.2. The molecule has 31 atom stereocenters. The molecular weight excluding hydrogens is 1870 g/mol. The normalized spacial score (nSPS) is 31.1. The number of carbonyl (C=O) groups excluding carboxylic acids is 7. The number of hydrogen-bond donors (Lipinski definition) is 14. The molecule has 8 aliphatic rings. The smallest absolute Gasteiger partial charge is 0.408 e. The lowest BCUT2D eigenvalue weighted by Gasteiger charge is -2.46. The fourth-order valence-corrected chi connectivity index (χ4v) is 17.2. The molecule has 0 aromatic heterocycles. The minimum absolute atomic E-state index is 0.00106. The van der Waals surface area contributed by atoms with E-state index in [4.69, 9.17) is 91.0 Å². The van der Waals surface area contributed by atoms with Crippen LogP contribution in [0.4, 0.5) is 24.0 Å². The summed E-state index contributed by atoms with van der Waals surface area (Å²) in [6.07, 6.45) is -12.9. The summed E-state index contributed by atoms with van der Waals surface area (Å²) >= 11 is 0. The molecule has 2 aliphatic carbocycles. The first-order chi connectivity index (χ1) is 69.7. The van der Waals surface area contributed by atoms with Crippen molar-refractivity contribution in [3.8, 4) is 0 Å². The van der Waals surface area contributed by atoms with E-state index in [-0.39, 0.29) is 76.5 Å². The number of carbonyl (C=O) groups is 7. The molecular formula is C105H137N7O32. The van der Waals surface area contributed by atoms with Crippen LogP contribution in [0.2, 0.25) is 0 Å². The predicted octanol–water partition coefficient (Wildman–Crippen LogP) is 8.43. The largest absolute Gasteiger partial charge is 0.461 e. The minimum atomic E-state index is -1.65. The summed E-state index contributed by atoms with van der Waals surface area (Å²) in [7, 11) is 0. The van der Waals surface area contributed by atoms with Gasteiger partial charge >= 0.3 is 36.4 Å². The van der Waals surface area contributed by atoms with Crippen LogP contribution in [0.3, 0.4) is 0 Å². The van der Waals surface area contributed by atoms with Gasteiger partial charge in [-0.3, -0.25) is 9.59 Å². The molecule has 0 radical (unpaired) electrons. The Morgan fingerprint density at radius 1 is 0.347 bits per heavy atom. The number of amides is 6. The lowest BCUT2D eigenvalue weighted by molar-refractivity contribution is -0.287. The molecule has 784 valence electrons. The summed E-state index contributed by atoms with van der Waals surface area (Å²) in [6.45, 7) is 11.9. The molecule has 144 heavy (non-hydrogen) atoms. The number of ether oxygens (including phenoxy) is 18. The van der Waals surface area contributed by atoms with Crippen molar-refractivity contribution in [1.82, 2.24) is 31.9 Å². The second kappa shape index (κ2) is 57.0. The number of alkyl carbamates (subject to hydrolysis) is 5. The zero-order valence-corrected chi connectivity index (χ0v) is 81.6. The number of aliphatic hydroxyl groups is 7. The SMILES string of the molecule is CC(=O)OCc1ccccc1.CC[C@@H]1C=C[C@@H](NC(=O)OCc2ccccc2)[C@@H](O[C@H]2[C@H](O[C@@H]3O[C@H](CO)[C@@H](O[C@H]4O[C@H](CC)C=C[C@H]4NC(=O)OCc4ccccc4)[C@H]3O)[C@@H](O)[C@H](N)C[C@@H]2C)O1.CC[C@@H]1C=C[C@@H](NC(=O)OCc2ccccc2)[C@@H](O[C@H]2[C@H](O[C@@H]3O[C@H](CO)[C@@H](O[C@H]4O[C@H](CC)C=C[C@H]4NC(=O)OCc4ccccc4)[C@H]3O)[C@@H](O)[C@H](NC(=O)[C@@H](O)CCNC(=O)OCc3ccccc3)C[C@@H]2C)O1. The predicted molar refractivity (Wildman–Crippen MR) is 516 cm³/mol. The average Bonchev–Trinajstić information content (AvgIpc) is 1.33. The van der Waals surface area contributed by atoms with Crippen LogP contribution >= 0.6 is 0 Å². The summed E-state index contributed by atoms with van der Waals surface area (Å²) in [5.41, 5.74) is 11.4. The zero-order chi connectivity index (χ0) is 103. The van der Waals surface area contributed by atoms with Crippen LogP contribution in [-0.4, -0.2) is 276 Å². The fourth-order valence-electron chi connectivity index (χ4n) is 17.2. The Bertz CT molecular complexity index is 5010. The van der Waals surface area contributed by atoms with Crippen molar-refractivity contribution in [1.29, 1.82) is 0 Å². The van der Waals surface area contributed by atoms with E-state index in [0.717, 1.165) is 33.4 Å². The first kappa shape index (κ1) is 112. The molecule has 6 aromatic rings. The minimum Gasteiger partial charge on any atom is -0.461 e. The number of aliphatic hydroxyl groups excluding tert-OH is 7. The third-order valence-electron chi connectivity index (χ3n) is 25.2. The molecule has 6 aromatic carbocycles. The van der Waals surface area contributed by atoms with Gasteiger partial charge in [-0.15, -0.1) is 0 Å². The molecule has 0 unspecified atom stereocenters. The summed E-state index contributed by atoms with van der Waals surface area (Å²) in [5.74, 6) is -1.94. The lowest BCUT2D eigenvalue weighted by Crippen LogP contribution is -2.63. The number of nitrogens with one attached hydrogen (secondary N) is 6. The van der Waals surface area contributed by atoms with Crippen molar-refractivity contribution in [2.75, 3.05) is 19.8 Å². The molecule has 2 saturated carbocycles. The number of hydrogen-bond acceptors (Lipinski definition) is 33. The van der Waals surface area contributed by atoms with Crippen LogP contribution in [0.5, 0.6) is 0 Å². The Hall–Kier alpha value is -11.2. The van der Waals surface area contributed by atoms with Crippen molar-refractivity contribution in [2.24, 2.45) is 17.6 Å². The highest BCUT2D eigenvalue weighted by atomic mass is 16.8. The van der Waals surface area contributed by atoms with Crippen molar-refractivity contribution in [3.63, 3.8) is 0 Å². The molecule has 6 aliphatic heterocycles. The third kappa shape index (κ3) is 33.4. The molecule has 6 amide bonds. The van der Waals surface area contributed by atoms with Gasteiger partial charge in [0.2, 0.25) is 5.91 Å². The van der Waals surface area contributed by atoms with Gasteiger partial charge in [-0.05, 0) is 90.2 Å². The Morgan fingerprint density at radius 3 is 0.924 bits per heavy atom. The Balaban J connectivity index is 0.000000237. The number of nitrogens with two attached hydrogens (primary N) is 1. The zero-order valence-electron chi connectivity index (χ0n) is 81.6. The Labute approximate surface area is 836 Å². The first-order valence-corrected chi connectivity index (χ1v) is 48.9. The molecule has 39 nitrogen and oxygen atoms in total. The van der Waals surface area contributed by atoms with Gasteiger partial charge in [0.25, 0.3) is 0 Å². The molecule has 39 heteroatoms. The summed E-state index contributed by atoms with van der Waals surface area (Å²) in [6, 6.07) is 50.2. The third-order valence-corrected chi connectivity index (χ3v) is 25.2. The van der Waals surface area contributed by atoms with Crippen LogP contribution in [0.25, 0.3) is 0 Å². The maximum atomic E-state index is 13.5. The van der Waals surface area contributed by atoms with Gasteiger partial charge in [-0.2, -0.15) is 0 Å². The summed E-state index contributed by atoms with van der Waals surface area (Å²) < 4.78 is 108. The van der Waals surface area contributed by atoms with E-state index in [9.17, 15) is 69.3 Å². The van der Waals surface area contributed by atoms with Crippen molar-refractivity contribution in [3.05, 3.63) is 264 Å². The maximum Gasteiger partial charge on any atom is 0.408 e. The van der Waals surface area contributed by atoms with Crippen LogP contribution in [0, 0.1) is 11.8 Å². The second-order valence-corrected chi connectivity index (χ2v) is 36.1. The summed E-state index contributed by atoms with van der Waals surface area (Å²) in [4.78, 5) is 88.2. The molecule has 15 N–H and O–H groups in total. The lowest BCUT2D eigenvalue weighted by atomic mass is 9.80. The van der Waals surface area contributed by atoms with Crippen LogP contribution in [-0.2, 0) is 134 Å². The maximum absolute atomic E-state index is 13.5. The van der Waals surface area contributed by atoms with Gasteiger partial charge in [0, 0.05) is 19.5 Å². The second-order valence-electron chi connectivity index (χ2n) is 36.1. The van der Waals surface area contributed by atoms with Crippen LogP contribution in [0.15, 0.2) is 231 Å². The van der Waals surface area contributed by atoms with Crippen molar-refractivity contribution < 1.29 is 155 Å². The number of rotatable bonds is 39. The highest BCUT2D eigenvalue weighted by Gasteiger charge is 2.56. The highest BCUT2D eigenvalue weighted by molar-refractivity contribution is 5.81. The monoisotopic (exact) mass is 2010 g/mol. The van der Waals surface area contributed by atoms with Crippen LogP contribution < -0.4 is 37.6 Å². The molecule has 0 spiro atoms. The molecule has 0 bridgehead atoms. The van der Waals surface area contributed by atoms with Gasteiger partial charge in [0.15, 0.2) is 37.7 Å². The fraction of sp³-hybridized carbons (Fsp3) is 0.514. The number of benzene rings is 6. The van der Waals surface area contributed by atoms with Gasteiger partial charge in [-0.1, -0.05) is 272 Å². The van der Waals surface area contributed by atoms with E-state index < -0.39 is 221 Å². The van der Waals surface area contributed by atoms with E-state index in [1.54, 1.807) is 61.6 Å². The summed E-state index contributed by atoms with van der Waals surface area (Å²) in [5, 5.41) is 95.6. The van der Waals surface area contributed by atoms with Gasteiger partial charge in [0.1, 0.15) is 125 Å². The number of esters is 1. The van der Waals surface area contributed by atoms with Gasteiger partial charge in [0.05, 0.1) is 62.0 Å². The first-order valence-electron chi connectivity index (χ1n) is 48.9. The molecule has 4 fully saturated rings. The van der Waals surface area contributed by atoms with E-state index in [1.165, 1.54) is 6.92 Å². The Morgan fingerprint density at radius 2 is 0.625 bits per heavy atom. The van der Waals surface area contributed by atoms with Crippen LogP contribution in [0.1, 0.15) is 127 Å². The van der Waals surface area contributed by atoms with Crippen molar-refractivity contribution in [2.45, 2.75) is 311 Å².